The molecule has 7 N–H and O–H groups in total. The molecule has 6 atom stereocenters. The van der Waals surface area contributed by atoms with Crippen LogP contribution in [0, 0.1) is 17.3 Å². The second-order valence-corrected chi connectivity index (χ2v) is 13.1. The number of pyridine rings is 1. The first-order valence-electron chi connectivity index (χ1n) is 13.7. The molecule has 1 aromatic carbocycles. The molecule has 1 heterocycles. The number of phenolic OH excluding ortho intramolecular Hbond substituents is 1. The number of hydrogen-bond donors (Lipinski definition) is 5. The van der Waals surface area contributed by atoms with Crippen LogP contribution in [0.3, 0.4) is 0 Å². The zero-order valence-electron chi connectivity index (χ0n) is 24.5. The lowest BCUT2D eigenvalue weighted by atomic mass is 9.52. The number of rotatable bonds is 5. The number of carbonyl (C=O) groups excluding carboxylic acids is 2. The lowest BCUT2D eigenvalue weighted by molar-refractivity contribution is -0.116. The lowest BCUT2D eigenvalue weighted by Crippen LogP contribution is -2.63. The molecular weight excluding hydrogens is 553 g/mol. The Hall–Kier alpha value is -3.88. The highest BCUT2D eigenvalue weighted by atomic mass is 31.0. The second kappa shape index (κ2) is 9.85. The number of amides is 1. The molecule has 0 fully saturated rings. The Morgan fingerprint density at radius 1 is 1.21 bits per heavy atom. The van der Waals surface area contributed by atoms with E-state index in [0.717, 1.165) is 5.69 Å². The highest BCUT2D eigenvalue weighted by Gasteiger charge is 2.65. The van der Waals surface area contributed by atoms with E-state index in [1.807, 2.05) is 25.1 Å². The van der Waals surface area contributed by atoms with E-state index in [-0.39, 0.29) is 34.0 Å². The molecular formula is C31H38N5O5P. The van der Waals surface area contributed by atoms with Crippen LogP contribution in [0.5, 0.6) is 5.75 Å². The number of Topliss-reactive ketones (excluding diaryl/α,β-unsaturated/α-hetero) is 1. The van der Waals surface area contributed by atoms with Crippen LogP contribution in [-0.4, -0.2) is 76.3 Å². The molecule has 1 aromatic heterocycles. The number of nitrogen functional groups attached to an aromatic ring is 1. The second-order valence-electron chi connectivity index (χ2n) is 12.2. The number of aromatic hydroxyl groups is 1. The number of nitrogens with two attached hydrogens (primary N) is 2. The minimum Gasteiger partial charge on any atom is -0.511 e. The van der Waals surface area contributed by atoms with E-state index in [2.05, 4.69) is 20.8 Å². The largest absolute Gasteiger partial charge is 0.511 e. The number of fused-ring (bicyclic) bond motifs is 3. The first-order chi connectivity index (χ1) is 19.6. The van der Waals surface area contributed by atoms with E-state index in [1.165, 1.54) is 12.3 Å². The molecule has 11 heteroatoms. The molecule has 5 rings (SSSR count). The zero-order valence-corrected chi connectivity index (χ0v) is 25.6. The summed E-state index contributed by atoms with van der Waals surface area (Å²) in [6, 6.07) is 4.51. The van der Waals surface area contributed by atoms with Crippen molar-refractivity contribution >= 4 is 32.4 Å². The van der Waals surface area contributed by atoms with E-state index in [4.69, 9.17) is 11.5 Å². The molecule has 222 valence electrons. The van der Waals surface area contributed by atoms with Gasteiger partial charge in [0, 0.05) is 48.1 Å². The van der Waals surface area contributed by atoms with E-state index in [0.29, 0.717) is 35.3 Å². The Morgan fingerprint density at radius 3 is 2.40 bits per heavy atom. The van der Waals surface area contributed by atoms with Crippen molar-refractivity contribution in [1.82, 2.24) is 9.88 Å². The minimum absolute atomic E-state index is 0.0624. The maximum atomic E-state index is 14.5. The van der Waals surface area contributed by atoms with Crippen molar-refractivity contribution in [3.05, 3.63) is 70.8 Å². The fraction of sp³-hybridized carbons (Fsp3) is 0.387. The fourth-order valence-corrected chi connectivity index (χ4v) is 8.21. The SMILES string of the molecule is C=C[C@]1(C)C(C(N)=O)=C(O)[C@@H](N(C)C)[C@@H]2C[C@@H]3Cc4c(N(C)C)cc(-c5ccc(N)nc5)c(O)c4C(=O)C3=C(O)[C@@]21P. The topological polar surface area (TPSA) is 166 Å². The van der Waals surface area contributed by atoms with Crippen LogP contribution in [-0.2, 0) is 11.2 Å². The van der Waals surface area contributed by atoms with Gasteiger partial charge < -0.3 is 31.7 Å². The number of likely N-dealkylation sites (N-methyl/N-ethyl adjacent to an activating group) is 1. The van der Waals surface area contributed by atoms with Crippen LogP contribution < -0.4 is 16.4 Å². The third-order valence-electron chi connectivity index (χ3n) is 9.57. The molecule has 0 saturated carbocycles. The Balaban J connectivity index is 1.80. The summed E-state index contributed by atoms with van der Waals surface area (Å²) in [5.74, 6) is -2.43. The monoisotopic (exact) mass is 591 g/mol. The lowest BCUT2D eigenvalue weighted by Gasteiger charge is -2.59. The third kappa shape index (κ3) is 3.81. The zero-order chi connectivity index (χ0) is 31.0. The van der Waals surface area contributed by atoms with E-state index >= 15 is 0 Å². The van der Waals surface area contributed by atoms with Crippen LogP contribution in [0.4, 0.5) is 11.5 Å². The van der Waals surface area contributed by atoms with E-state index in [1.54, 1.807) is 38.1 Å². The average Bonchev–Trinajstić information content (AvgIpc) is 2.90. The Bertz CT molecular complexity index is 1600. The molecule has 1 unspecified atom stereocenters. The number of anilines is 2. The predicted octanol–water partition coefficient (Wildman–Crippen LogP) is 3.34. The van der Waals surface area contributed by atoms with Crippen LogP contribution in [0.25, 0.3) is 11.1 Å². The summed E-state index contributed by atoms with van der Waals surface area (Å²) >= 11 is 0. The normalized spacial score (nSPS) is 28.7. The number of benzene rings is 1. The number of carbonyl (C=O) groups is 2. The van der Waals surface area contributed by atoms with Gasteiger partial charge in [-0.25, -0.2) is 4.98 Å². The molecule has 10 nitrogen and oxygen atoms in total. The highest BCUT2D eigenvalue weighted by molar-refractivity contribution is 7.19. The number of aliphatic hydroxyl groups excluding tert-OH is 2. The van der Waals surface area contributed by atoms with Crippen LogP contribution in [0.1, 0.15) is 29.3 Å². The number of nitrogens with zero attached hydrogens (tertiary/aromatic N) is 3. The van der Waals surface area contributed by atoms with Crippen molar-refractivity contribution in [3.63, 3.8) is 0 Å². The molecule has 3 aliphatic carbocycles. The van der Waals surface area contributed by atoms with Crippen LogP contribution in [0.15, 0.2) is 59.7 Å². The Labute approximate surface area is 247 Å². The maximum Gasteiger partial charge on any atom is 0.249 e. The number of phenols is 1. The van der Waals surface area contributed by atoms with Crippen molar-refractivity contribution in [2.45, 2.75) is 31.0 Å². The van der Waals surface area contributed by atoms with Gasteiger partial charge in [0.05, 0.1) is 22.3 Å². The first kappa shape index (κ1) is 29.6. The van der Waals surface area contributed by atoms with Crippen molar-refractivity contribution in [3.8, 4) is 16.9 Å². The molecule has 2 aromatic rings. The summed E-state index contributed by atoms with van der Waals surface area (Å²) in [6.45, 7) is 5.65. The van der Waals surface area contributed by atoms with Gasteiger partial charge >= 0.3 is 0 Å². The maximum absolute atomic E-state index is 14.5. The van der Waals surface area contributed by atoms with Gasteiger partial charge in [0.25, 0.3) is 0 Å². The predicted molar refractivity (Wildman–Crippen MR) is 166 cm³/mol. The first-order valence-corrected chi connectivity index (χ1v) is 14.3. The van der Waals surface area contributed by atoms with Crippen molar-refractivity contribution in [1.29, 1.82) is 0 Å². The van der Waals surface area contributed by atoms with Crippen molar-refractivity contribution in [2.75, 3.05) is 38.8 Å². The van der Waals surface area contributed by atoms with Crippen LogP contribution in [0.2, 0.25) is 0 Å². The third-order valence-corrected chi connectivity index (χ3v) is 10.9. The number of aromatic nitrogens is 1. The summed E-state index contributed by atoms with van der Waals surface area (Å²) in [5, 5.41) is 33.9. The Morgan fingerprint density at radius 2 is 1.88 bits per heavy atom. The van der Waals surface area contributed by atoms with Gasteiger partial charge in [-0.1, -0.05) is 13.0 Å². The van der Waals surface area contributed by atoms with Crippen molar-refractivity contribution in [2.24, 2.45) is 23.0 Å². The Kier molecular flexibility index (Phi) is 6.94. The molecule has 0 aliphatic heterocycles. The number of allylic oxidation sites excluding steroid dienone is 3. The van der Waals surface area contributed by atoms with E-state index in [9.17, 15) is 24.9 Å². The van der Waals surface area contributed by atoms with Gasteiger partial charge in [0.1, 0.15) is 23.1 Å². The number of primary amides is 1. The van der Waals surface area contributed by atoms with Crippen LogP contribution >= 0.6 is 9.24 Å². The number of aliphatic hydroxyl groups is 2. The van der Waals surface area contributed by atoms with Gasteiger partial charge in [-0.05, 0) is 62.5 Å². The summed E-state index contributed by atoms with van der Waals surface area (Å²) in [7, 11) is 10.00. The van der Waals surface area contributed by atoms with Gasteiger partial charge in [0.2, 0.25) is 5.91 Å². The highest BCUT2D eigenvalue weighted by Crippen LogP contribution is 2.65. The fourth-order valence-electron chi connectivity index (χ4n) is 7.47. The standard InChI is InChI=1S/C31H38N5O5P/c1-7-30(2)23(29(33)41)27(39)24(36(5)6)18-11-15-10-17-19(35(3)4)12-16(14-8-9-20(32)34-13-14)25(37)22(17)26(38)21(15)28(40)31(18,30)42/h7-9,12-13,15,18,24,37,39-40H,1,10-11,42H2,2-6H3,(H2,32,34)(H2,33,41)/t15-,18-,24-,30+,31-/m0/s1. The van der Waals surface area contributed by atoms with Gasteiger partial charge in [-0.3, -0.25) is 14.5 Å². The quantitative estimate of drug-likeness (QED) is 0.259. The molecule has 0 bridgehead atoms. The molecule has 0 spiro atoms. The summed E-state index contributed by atoms with van der Waals surface area (Å²) in [6.07, 6.45) is 3.82. The number of hydrogen-bond acceptors (Lipinski definition) is 9. The van der Waals surface area contributed by atoms with Gasteiger partial charge in [0.15, 0.2) is 5.78 Å². The number of ketones is 1. The minimum atomic E-state index is -1.33. The van der Waals surface area contributed by atoms with Gasteiger partial charge in [-0.15, -0.1) is 15.8 Å². The molecule has 3 aliphatic rings. The van der Waals surface area contributed by atoms with Gasteiger partial charge in [-0.2, -0.15) is 0 Å². The molecule has 1 amide bonds. The summed E-state index contributed by atoms with van der Waals surface area (Å²) in [5.41, 5.74) is 12.9. The molecule has 0 saturated heterocycles. The molecule has 0 radical (unpaired) electrons. The summed E-state index contributed by atoms with van der Waals surface area (Å²) in [4.78, 5) is 35.1. The summed E-state index contributed by atoms with van der Waals surface area (Å²) < 4.78 is 0. The smallest absolute Gasteiger partial charge is 0.249 e. The molecule has 42 heavy (non-hydrogen) atoms. The average molecular weight is 592 g/mol. The van der Waals surface area contributed by atoms with Crippen molar-refractivity contribution < 1.29 is 24.9 Å². The van der Waals surface area contributed by atoms with E-state index < -0.39 is 40.1 Å².